The number of aliphatic hydroxyl groups excluding tert-OH is 4. The minimum atomic E-state index is -1.78. The third-order valence-electron chi connectivity index (χ3n) is 1.44. The Hall–Kier alpha value is -0.690. The summed E-state index contributed by atoms with van der Waals surface area (Å²) in [5, 5.41) is 35.0. The van der Waals surface area contributed by atoms with E-state index in [2.05, 4.69) is 4.74 Å². The standard InChI is InChI=1S/C5H8O6/c6-1-2(7)4(9)11-5(10)3(1)8/h1-4,6-9H/t1-,2+,3+,4?/m0/s1. The molecule has 0 amide bonds. The molecular weight excluding hydrogens is 156 g/mol. The molecule has 4 N–H and O–H groups in total. The van der Waals surface area contributed by atoms with Crippen LogP contribution in [0.4, 0.5) is 0 Å². The summed E-state index contributed by atoms with van der Waals surface area (Å²) in [5.74, 6) is -1.14. The van der Waals surface area contributed by atoms with Crippen molar-refractivity contribution in [2.45, 2.75) is 24.6 Å². The molecule has 1 unspecified atom stereocenters. The number of aliphatic hydroxyl groups is 4. The van der Waals surface area contributed by atoms with Gasteiger partial charge in [-0.2, -0.15) is 0 Å². The van der Waals surface area contributed by atoms with Gasteiger partial charge in [-0.05, 0) is 0 Å². The zero-order valence-corrected chi connectivity index (χ0v) is 5.41. The van der Waals surface area contributed by atoms with Crippen molar-refractivity contribution in [3.05, 3.63) is 0 Å². The van der Waals surface area contributed by atoms with Gasteiger partial charge in [0.1, 0.15) is 12.2 Å². The Labute approximate surface area is 61.6 Å². The van der Waals surface area contributed by atoms with Gasteiger partial charge in [0.15, 0.2) is 6.10 Å². The fourth-order valence-electron chi connectivity index (χ4n) is 0.753. The van der Waals surface area contributed by atoms with Gasteiger partial charge in [-0.1, -0.05) is 0 Å². The van der Waals surface area contributed by atoms with Crippen molar-refractivity contribution >= 4 is 5.97 Å². The van der Waals surface area contributed by atoms with E-state index in [1.54, 1.807) is 0 Å². The van der Waals surface area contributed by atoms with Crippen LogP contribution < -0.4 is 0 Å². The van der Waals surface area contributed by atoms with Crippen molar-refractivity contribution in [2.75, 3.05) is 0 Å². The molecule has 1 saturated heterocycles. The highest BCUT2D eigenvalue weighted by Crippen LogP contribution is 2.14. The Kier molecular flexibility index (Phi) is 2.10. The summed E-state index contributed by atoms with van der Waals surface area (Å²) in [6, 6.07) is 0. The van der Waals surface area contributed by atoms with Gasteiger partial charge in [0.05, 0.1) is 0 Å². The Bertz CT molecular complexity index is 168. The molecule has 0 aromatic rings. The molecule has 0 spiro atoms. The summed E-state index contributed by atoms with van der Waals surface area (Å²) in [7, 11) is 0. The van der Waals surface area contributed by atoms with Gasteiger partial charge in [-0.25, -0.2) is 4.79 Å². The van der Waals surface area contributed by atoms with Crippen LogP contribution >= 0.6 is 0 Å². The average molecular weight is 164 g/mol. The summed E-state index contributed by atoms with van der Waals surface area (Å²) in [4.78, 5) is 10.5. The van der Waals surface area contributed by atoms with Gasteiger partial charge >= 0.3 is 5.97 Å². The number of ether oxygens (including phenoxy) is 1. The monoisotopic (exact) mass is 164 g/mol. The van der Waals surface area contributed by atoms with Crippen LogP contribution in [0.3, 0.4) is 0 Å². The lowest BCUT2D eigenvalue weighted by atomic mass is 10.1. The molecule has 64 valence electrons. The molecule has 1 aliphatic heterocycles. The molecule has 6 heteroatoms. The molecule has 1 aliphatic rings. The maximum Gasteiger partial charge on any atom is 0.340 e. The molecule has 0 aliphatic carbocycles. The number of rotatable bonds is 0. The Morgan fingerprint density at radius 2 is 1.64 bits per heavy atom. The second-order valence-corrected chi connectivity index (χ2v) is 2.25. The van der Waals surface area contributed by atoms with Crippen molar-refractivity contribution in [3.8, 4) is 0 Å². The van der Waals surface area contributed by atoms with Crippen LogP contribution in [0.2, 0.25) is 0 Å². The zero-order valence-electron chi connectivity index (χ0n) is 5.41. The van der Waals surface area contributed by atoms with Gasteiger partial charge in [0, 0.05) is 0 Å². The van der Waals surface area contributed by atoms with Crippen molar-refractivity contribution < 1.29 is 30.0 Å². The fraction of sp³-hybridized carbons (Fsp3) is 0.800. The Morgan fingerprint density at radius 3 is 2.18 bits per heavy atom. The number of hydrogen-bond acceptors (Lipinski definition) is 6. The fourth-order valence-corrected chi connectivity index (χ4v) is 0.753. The third-order valence-corrected chi connectivity index (χ3v) is 1.44. The number of carbonyl (C=O) groups excluding carboxylic acids is 1. The maximum absolute atomic E-state index is 10.5. The van der Waals surface area contributed by atoms with Crippen molar-refractivity contribution in [3.63, 3.8) is 0 Å². The highest BCUT2D eigenvalue weighted by molar-refractivity contribution is 5.76. The molecule has 1 rings (SSSR count). The van der Waals surface area contributed by atoms with Crippen LogP contribution in [0.25, 0.3) is 0 Å². The second kappa shape index (κ2) is 2.74. The van der Waals surface area contributed by atoms with Crippen LogP contribution in [0.5, 0.6) is 0 Å². The van der Waals surface area contributed by atoms with Gasteiger partial charge in [-0.3, -0.25) is 0 Å². The van der Waals surface area contributed by atoms with E-state index in [0.717, 1.165) is 0 Å². The highest BCUT2D eigenvalue weighted by Gasteiger charge is 2.42. The zero-order chi connectivity index (χ0) is 8.59. The van der Waals surface area contributed by atoms with E-state index in [1.807, 2.05) is 0 Å². The van der Waals surface area contributed by atoms with Crippen LogP contribution in [-0.4, -0.2) is 51.0 Å². The molecule has 1 heterocycles. The lowest BCUT2D eigenvalue weighted by Crippen LogP contribution is -2.55. The maximum atomic E-state index is 10.5. The van der Waals surface area contributed by atoms with Crippen LogP contribution in [-0.2, 0) is 9.53 Å². The summed E-state index contributed by atoms with van der Waals surface area (Å²) in [6.07, 6.45) is -6.89. The quantitative estimate of drug-likeness (QED) is 0.283. The first kappa shape index (κ1) is 8.41. The molecule has 0 aromatic carbocycles. The summed E-state index contributed by atoms with van der Waals surface area (Å²) in [6.45, 7) is 0. The molecule has 0 bridgehead atoms. The first-order valence-electron chi connectivity index (χ1n) is 2.97. The van der Waals surface area contributed by atoms with Crippen molar-refractivity contribution in [2.24, 2.45) is 0 Å². The second-order valence-electron chi connectivity index (χ2n) is 2.25. The lowest BCUT2D eigenvalue weighted by Gasteiger charge is -2.30. The van der Waals surface area contributed by atoms with E-state index in [1.165, 1.54) is 0 Å². The largest absolute Gasteiger partial charge is 0.431 e. The minimum absolute atomic E-state index is 1.14. The number of cyclic esters (lactones) is 1. The molecule has 0 radical (unpaired) electrons. The molecule has 6 nitrogen and oxygen atoms in total. The van der Waals surface area contributed by atoms with Crippen LogP contribution in [0.15, 0.2) is 0 Å². The molecular formula is C5H8O6. The Morgan fingerprint density at radius 1 is 1.09 bits per heavy atom. The van der Waals surface area contributed by atoms with E-state index in [4.69, 9.17) is 20.4 Å². The minimum Gasteiger partial charge on any atom is -0.431 e. The normalized spacial score (nSPS) is 45.3. The van der Waals surface area contributed by atoms with Gasteiger partial charge in [0.25, 0.3) is 0 Å². The van der Waals surface area contributed by atoms with Crippen LogP contribution in [0, 0.1) is 0 Å². The lowest BCUT2D eigenvalue weighted by molar-refractivity contribution is -0.241. The highest BCUT2D eigenvalue weighted by atomic mass is 16.7. The van der Waals surface area contributed by atoms with Gasteiger partial charge < -0.3 is 25.2 Å². The summed E-state index contributed by atoms with van der Waals surface area (Å²) in [5.41, 5.74) is 0. The first-order valence-corrected chi connectivity index (χ1v) is 2.97. The predicted molar refractivity (Wildman–Crippen MR) is 30.1 cm³/mol. The van der Waals surface area contributed by atoms with E-state index in [-0.39, 0.29) is 0 Å². The topological polar surface area (TPSA) is 107 Å². The molecule has 4 atom stereocenters. The summed E-state index contributed by atoms with van der Waals surface area (Å²) >= 11 is 0. The molecule has 1 fully saturated rings. The SMILES string of the molecule is O=C1OC(O)[C@H](O)[C@H](O)[C@H]1O. The van der Waals surface area contributed by atoms with Crippen LogP contribution in [0.1, 0.15) is 0 Å². The predicted octanol–water partition coefficient (Wildman–Crippen LogP) is -3.06. The average Bonchev–Trinajstić information content (AvgIpc) is 1.97. The van der Waals surface area contributed by atoms with E-state index in [9.17, 15) is 4.79 Å². The van der Waals surface area contributed by atoms with Crippen molar-refractivity contribution in [1.82, 2.24) is 0 Å². The third kappa shape index (κ3) is 1.33. The van der Waals surface area contributed by atoms with Crippen molar-refractivity contribution in [1.29, 1.82) is 0 Å². The van der Waals surface area contributed by atoms with E-state index >= 15 is 0 Å². The molecule has 0 aromatic heterocycles. The molecule has 0 saturated carbocycles. The number of esters is 1. The smallest absolute Gasteiger partial charge is 0.340 e. The number of hydrogen-bond donors (Lipinski definition) is 4. The van der Waals surface area contributed by atoms with Gasteiger partial charge in [0.2, 0.25) is 6.29 Å². The summed E-state index contributed by atoms with van der Waals surface area (Å²) < 4.78 is 4.04. The number of carbonyl (C=O) groups is 1. The van der Waals surface area contributed by atoms with Gasteiger partial charge in [-0.15, -0.1) is 0 Å². The Balaban J connectivity index is 2.70. The van der Waals surface area contributed by atoms with E-state index in [0.29, 0.717) is 0 Å². The van der Waals surface area contributed by atoms with E-state index < -0.39 is 30.6 Å². The first-order chi connectivity index (χ1) is 5.04. The molecule has 11 heavy (non-hydrogen) atoms.